The van der Waals surface area contributed by atoms with Crippen LogP contribution in [0.4, 0.5) is 11.4 Å². The number of rotatable bonds is 3. The van der Waals surface area contributed by atoms with Crippen LogP contribution < -0.4 is 10.2 Å². The van der Waals surface area contributed by atoms with E-state index in [2.05, 4.69) is 11.4 Å². The number of anilines is 2. The first-order valence-electron chi connectivity index (χ1n) is 9.64. The van der Waals surface area contributed by atoms with Crippen LogP contribution in [0.25, 0.3) is 0 Å². The van der Waals surface area contributed by atoms with Gasteiger partial charge in [-0.05, 0) is 61.6 Å². The molecule has 0 radical (unpaired) electrons. The Kier molecular flexibility index (Phi) is 5.23. The molecule has 1 N–H and O–H groups in total. The van der Waals surface area contributed by atoms with Crippen LogP contribution in [-0.4, -0.2) is 18.4 Å². The van der Waals surface area contributed by atoms with Crippen molar-refractivity contribution in [1.82, 2.24) is 0 Å². The topological polar surface area (TPSA) is 49.4 Å². The number of piperidine rings is 1. The first-order valence-corrected chi connectivity index (χ1v) is 10.0. The highest BCUT2D eigenvalue weighted by Gasteiger charge is 2.44. The number of carbonyl (C=O) groups excluding carboxylic acids is 2. The van der Waals surface area contributed by atoms with E-state index in [0.717, 1.165) is 17.7 Å². The second kappa shape index (κ2) is 7.80. The number of hydrogen-bond acceptors (Lipinski definition) is 2. The normalized spacial score (nSPS) is 24.0. The van der Waals surface area contributed by atoms with Gasteiger partial charge < -0.3 is 10.2 Å². The lowest BCUT2D eigenvalue weighted by atomic mass is 9.71. The first kappa shape index (κ1) is 18.8. The van der Waals surface area contributed by atoms with E-state index in [4.69, 9.17) is 11.6 Å². The molecule has 2 amide bonds. The summed E-state index contributed by atoms with van der Waals surface area (Å²) in [6, 6.07) is 15.1. The third kappa shape index (κ3) is 3.57. The summed E-state index contributed by atoms with van der Waals surface area (Å²) in [4.78, 5) is 28.2. The molecule has 1 aliphatic carbocycles. The maximum Gasteiger partial charge on any atom is 0.231 e. The number of nitrogens with zero attached hydrogens (tertiary/aromatic N) is 1. The van der Waals surface area contributed by atoms with Crippen LogP contribution >= 0.6 is 11.6 Å². The van der Waals surface area contributed by atoms with Gasteiger partial charge in [0, 0.05) is 22.9 Å². The van der Waals surface area contributed by atoms with Crippen molar-refractivity contribution in [3.63, 3.8) is 0 Å². The van der Waals surface area contributed by atoms with Gasteiger partial charge in [-0.2, -0.15) is 0 Å². The first-order chi connectivity index (χ1) is 13.5. The standard InChI is InChI=1S/C23H23ClN2O2/c1-15-14-17(10-11-20(15)24)25-22(27)19-9-5-6-16-12-13-26(23(28)21(16)19)18-7-3-2-4-8-18/h2-8,10-11,14,16,19,21H,9,12-13H2,1H3,(H,25,27)/t16-,19-,21+/m0/s1. The number of carbonyl (C=O) groups is 2. The molecule has 1 aliphatic heterocycles. The predicted octanol–water partition coefficient (Wildman–Crippen LogP) is 4.83. The lowest BCUT2D eigenvalue weighted by Gasteiger charge is -2.41. The van der Waals surface area contributed by atoms with E-state index < -0.39 is 0 Å². The van der Waals surface area contributed by atoms with Crippen molar-refractivity contribution < 1.29 is 9.59 Å². The van der Waals surface area contributed by atoms with E-state index >= 15 is 0 Å². The average Bonchev–Trinajstić information content (AvgIpc) is 2.71. The Bertz CT molecular complexity index is 925. The Balaban J connectivity index is 1.56. The quantitative estimate of drug-likeness (QED) is 0.758. The highest BCUT2D eigenvalue weighted by Crippen LogP contribution is 2.39. The molecule has 2 aromatic rings. The Morgan fingerprint density at radius 1 is 1.18 bits per heavy atom. The van der Waals surface area contributed by atoms with Gasteiger partial charge >= 0.3 is 0 Å². The van der Waals surface area contributed by atoms with Gasteiger partial charge in [0.05, 0.1) is 11.8 Å². The summed E-state index contributed by atoms with van der Waals surface area (Å²) in [7, 11) is 0. The van der Waals surface area contributed by atoms with E-state index in [-0.39, 0.29) is 29.6 Å². The van der Waals surface area contributed by atoms with Crippen molar-refractivity contribution in [2.45, 2.75) is 19.8 Å². The van der Waals surface area contributed by atoms with E-state index in [1.807, 2.05) is 54.3 Å². The Labute approximate surface area is 170 Å². The van der Waals surface area contributed by atoms with Crippen LogP contribution in [0, 0.1) is 24.7 Å². The Morgan fingerprint density at radius 3 is 2.71 bits per heavy atom. The number of aryl methyl sites for hydroxylation is 1. The molecule has 0 bridgehead atoms. The lowest BCUT2D eigenvalue weighted by Crippen LogP contribution is -2.51. The fourth-order valence-corrected chi connectivity index (χ4v) is 4.37. The smallest absolute Gasteiger partial charge is 0.231 e. The SMILES string of the molecule is Cc1cc(NC(=O)[C@H]2CC=C[C@H]3CCN(c4ccccc4)C(=O)[C@@H]23)ccc1Cl. The van der Waals surface area contributed by atoms with Crippen molar-refractivity contribution >= 4 is 34.8 Å². The van der Waals surface area contributed by atoms with Crippen molar-refractivity contribution in [2.24, 2.45) is 17.8 Å². The van der Waals surface area contributed by atoms with Gasteiger partial charge in [-0.25, -0.2) is 0 Å². The van der Waals surface area contributed by atoms with Crippen LogP contribution in [0.1, 0.15) is 18.4 Å². The largest absolute Gasteiger partial charge is 0.326 e. The summed E-state index contributed by atoms with van der Waals surface area (Å²) in [5.74, 6) is -0.648. The van der Waals surface area contributed by atoms with Crippen molar-refractivity contribution in [1.29, 1.82) is 0 Å². The molecule has 144 valence electrons. The number of nitrogens with one attached hydrogen (secondary N) is 1. The van der Waals surface area contributed by atoms with Crippen LogP contribution in [0.2, 0.25) is 5.02 Å². The Hall–Kier alpha value is -2.59. The molecule has 2 aliphatic rings. The lowest BCUT2D eigenvalue weighted by molar-refractivity contribution is -0.133. The number of para-hydroxylation sites is 1. The minimum absolute atomic E-state index is 0.0410. The highest BCUT2D eigenvalue weighted by molar-refractivity contribution is 6.31. The zero-order chi connectivity index (χ0) is 19.7. The number of halogens is 1. The third-order valence-corrected chi connectivity index (χ3v) is 6.16. The number of hydrogen-bond donors (Lipinski definition) is 1. The van der Waals surface area contributed by atoms with E-state index in [0.29, 0.717) is 23.7 Å². The van der Waals surface area contributed by atoms with Crippen molar-refractivity contribution in [2.75, 3.05) is 16.8 Å². The van der Waals surface area contributed by atoms with Gasteiger partial charge in [0.25, 0.3) is 0 Å². The van der Waals surface area contributed by atoms with Crippen LogP contribution in [0.5, 0.6) is 0 Å². The zero-order valence-electron chi connectivity index (χ0n) is 15.8. The van der Waals surface area contributed by atoms with Gasteiger partial charge in [0.15, 0.2) is 0 Å². The second-order valence-corrected chi connectivity index (χ2v) is 7.93. The van der Waals surface area contributed by atoms with Gasteiger partial charge in [-0.3, -0.25) is 9.59 Å². The van der Waals surface area contributed by atoms with Gasteiger partial charge in [-0.1, -0.05) is 42.0 Å². The zero-order valence-corrected chi connectivity index (χ0v) is 16.5. The molecular formula is C23H23ClN2O2. The van der Waals surface area contributed by atoms with Crippen molar-refractivity contribution in [3.05, 3.63) is 71.3 Å². The van der Waals surface area contributed by atoms with Crippen LogP contribution in [-0.2, 0) is 9.59 Å². The molecule has 1 saturated heterocycles. The van der Waals surface area contributed by atoms with Gasteiger partial charge in [-0.15, -0.1) is 0 Å². The molecule has 0 aromatic heterocycles. The average molecular weight is 395 g/mol. The maximum atomic E-state index is 13.3. The molecule has 2 aromatic carbocycles. The predicted molar refractivity (Wildman–Crippen MR) is 112 cm³/mol. The van der Waals surface area contributed by atoms with E-state index in [9.17, 15) is 9.59 Å². The Morgan fingerprint density at radius 2 is 1.96 bits per heavy atom. The molecular weight excluding hydrogens is 372 g/mol. The maximum absolute atomic E-state index is 13.3. The summed E-state index contributed by atoms with van der Waals surface area (Å²) in [5, 5.41) is 3.65. The molecule has 1 heterocycles. The molecule has 4 rings (SSSR count). The van der Waals surface area contributed by atoms with Crippen LogP contribution in [0.15, 0.2) is 60.7 Å². The minimum atomic E-state index is -0.370. The number of fused-ring (bicyclic) bond motifs is 1. The molecule has 28 heavy (non-hydrogen) atoms. The summed E-state index contributed by atoms with van der Waals surface area (Å²) in [6.45, 7) is 2.58. The summed E-state index contributed by atoms with van der Waals surface area (Å²) in [5.41, 5.74) is 2.51. The molecule has 0 spiro atoms. The number of benzene rings is 2. The van der Waals surface area contributed by atoms with Crippen molar-refractivity contribution in [3.8, 4) is 0 Å². The fraction of sp³-hybridized carbons (Fsp3) is 0.304. The molecule has 4 nitrogen and oxygen atoms in total. The second-order valence-electron chi connectivity index (χ2n) is 7.53. The number of allylic oxidation sites excluding steroid dienone is 2. The third-order valence-electron chi connectivity index (χ3n) is 5.74. The monoisotopic (exact) mass is 394 g/mol. The van der Waals surface area contributed by atoms with E-state index in [1.54, 1.807) is 12.1 Å². The number of amides is 2. The fourth-order valence-electron chi connectivity index (χ4n) is 4.26. The summed E-state index contributed by atoms with van der Waals surface area (Å²) >= 11 is 6.08. The molecule has 5 heteroatoms. The summed E-state index contributed by atoms with van der Waals surface area (Å²) in [6.07, 6.45) is 5.60. The highest BCUT2D eigenvalue weighted by atomic mass is 35.5. The minimum Gasteiger partial charge on any atom is -0.326 e. The summed E-state index contributed by atoms with van der Waals surface area (Å²) < 4.78 is 0. The molecule has 1 fully saturated rings. The van der Waals surface area contributed by atoms with E-state index in [1.165, 1.54) is 0 Å². The van der Waals surface area contributed by atoms with Crippen LogP contribution in [0.3, 0.4) is 0 Å². The molecule has 0 unspecified atom stereocenters. The molecule has 0 saturated carbocycles. The van der Waals surface area contributed by atoms with Gasteiger partial charge in [0.2, 0.25) is 11.8 Å². The van der Waals surface area contributed by atoms with Gasteiger partial charge in [0.1, 0.15) is 0 Å². The molecule has 3 atom stereocenters.